The quantitative estimate of drug-likeness (QED) is 0.389. The third kappa shape index (κ3) is 11.2. The molecule has 10 nitrogen and oxygen atoms in total. The zero-order valence-electron chi connectivity index (χ0n) is 17.4. The summed E-state index contributed by atoms with van der Waals surface area (Å²) in [4.78, 5) is 44.5. The molecular formula is C17H16F9N3O7. The minimum atomic E-state index is -5.08. The van der Waals surface area contributed by atoms with Gasteiger partial charge in [-0.15, -0.1) is 0 Å². The second kappa shape index (κ2) is 12.9. The van der Waals surface area contributed by atoms with Gasteiger partial charge in [-0.2, -0.15) is 39.5 Å². The van der Waals surface area contributed by atoms with Crippen LogP contribution in [-0.2, 0) is 19.2 Å². The van der Waals surface area contributed by atoms with Gasteiger partial charge in [-0.1, -0.05) is 0 Å². The number of hydrogen-bond donors (Lipinski definition) is 4. The number of nitrogens with one attached hydrogen (secondary N) is 1. The lowest BCUT2D eigenvalue weighted by Gasteiger charge is -2.22. The van der Waals surface area contributed by atoms with Gasteiger partial charge in [0.25, 0.3) is 0 Å². The van der Waals surface area contributed by atoms with Gasteiger partial charge in [0.05, 0.1) is 17.9 Å². The first kappa shape index (κ1) is 32.4. The van der Waals surface area contributed by atoms with Gasteiger partial charge in [0, 0.05) is 18.7 Å². The number of carboxylic acids is 3. The molecule has 19 heteroatoms. The van der Waals surface area contributed by atoms with Crippen LogP contribution in [0.3, 0.4) is 0 Å². The molecule has 2 aliphatic heterocycles. The average molecular weight is 545 g/mol. The van der Waals surface area contributed by atoms with Crippen LogP contribution in [-0.4, -0.2) is 81.3 Å². The predicted octanol–water partition coefficient (Wildman–Crippen LogP) is 2.45. The molecule has 2 aliphatic rings. The molecule has 2 atom stereocenters. The summed E-state index contributed by atoms with van der Waals surface area (Å²) in [5, 5.41) is 24.7. The summed E-state index contributed by atoms with van der Waals surface area (Å²) in [6, 6.07) is 4.50. The van der Waals surface area contributed by atoms with Crippen molar-refractivity contribution in [2.45, 2.75) is 43.5 Å². The van der Waals surface area contributed by atoms with Crippen LogP contribution < -0.4 is 10.2 Å². The number of carboxylic acid groups (broad SMARTS) is 3. The fourth-order valence-corrected chi connectivity index (χ4v) is 2.57. The highest BCUT2D eigenvalue weighted by atomic mass is 19.4. The smallest absolute Gasteiger partial charge is 0.475 e. The number of pyridine rings is 1. The van der Waals surface area contributed by atoms with E-state index in [1.165, 1.54) is 0 Å². The molecule has 0 bridgehead atoms. The Morgan fingerprint density at radius 3 is 1.64 bits per heavy atom. The zero-order chi connectivity index (χ0) is 28.5. The van der Waals surface area contributed by atoms with Crippen molar-refractivity contribution in [1.29, 1.82) is 0 Å². The van der Waals surface area contributed by atoms with Crippen LogP contribution in [0, 0.1) is 0 Å². The number of aliphatic carboxylic acids is 3. The summed E-state index contributed by atoms with van der Waals surface area (Å²) in [7, 11) is 0. The molecule has 1 aromatic heterocycles. The number of carbonyl (C=O) groups is 4. The van der Waals surface area contributed by atoms with E-state index in [1.807, 2.05) is 17.0 Å². The monoisotopic (exact) mass is 545 g/mol. The van der Waals surface area contributed by atoms with Crippen LogP contribution in [0.5, 0.6) is 0 Å². The standard InChI is InChI=1S/C11H13N3O.3C2HF3O2/c15-11-6-9-10(3-5-13-9)14(11)8-2-1-4-12-7-8;3*3-2(4,5)1(6)7/h1-2,4,7,9-10,13H,3,5-6H2;3*(H,6,7). The third-order valence-corrected chi connectivity index (χ3v) is 3.96. The molecule has 1 amide bonds. The summed E-state index contributed by atoms with van der Waals surface area (Å²) in [5.74, 6) is -8.06. The van der Waals surface area contributed by atoms with E-state index in [4.69, 9.17) is 29.7 Å². The maximum absolute atomic E-state index is 11.8. The lowest BCUT2D eigenvalue weighted by Crippen LogP contribution is -2.35. The molecule has 2 saturated heterocycles. The minimum absolute atomic E-state index is 0.213. The first-order chi connectivity index (χ1) is 16.2. The van der Waals surface area contributed by atoms with E-state index >= 15 is 0 Å². The molecule has 36 heavy (non-hydrogen) atoms. The molecule has 0 aliphatic carbocycles. The molecule has 204 valence electrons. The summed E-state index contributed by atoms with van der Waals surface area (Å²) in [6.45, 7) is 1.01. The highest BCUT2D eigenvalue weighted by Crippen LogP contribution is 2.30. The second-order valence-electron chi connectivity index (χ2n) is 6.50. The fourth-order valence-electron chi connectivity index (χ4n) is 2.57. The Kier molecular flexibility index (Phi) is 11.6. The fraction of sp³-hybridized carbons (Fsp3) is 0.471. The number of alkyl halides is 9. The lowest BCUT2D eigenvalue weighted by atomic mass is 10.1. The number of hydrogen-bond acceptors (Lipinski definition) is 6. The highest BCUT2D eigenvalue weighted by molar-refractivity contribution is 5.97. The van der Waals surface area contributed by atoms with Gasteiger partial charge >= 0.3 is 36.4 Å². The predicted molar refractivity (Wildman–Crippen MR) is 97.6 cm³/mol. The molecule has 1 aromatic rings. The van der Waals surface area contributed by atoms with Crippen molar-refractivity contribution in [3.05, 3.63) is 24.5 Å². The number of rotatable bonds is 1. The number of amides is 1. The average Bonchev–Trinajstić information content (AvgIpc) is 3.27. The van der Waals surface area contributed by atoms with E-state index in [0.29, 0.717) is 18.5 Å². The molecule has 4 N–H and O–H groups in total. The number of anilines is 1. The Bertz CT molecular complexity index is 849. The maximum Gasteiger partial charge on any atom is 0.490 e. The Morgan fingerprint density at radius 1 is 0.889 bits per heavy atom. The number of carbonyl (C=O) groups excluding carboxylic acids is 1. The number of fused-ring (bicyclic) bond motifs is 1. The van der Waals surface area contributed by atoms with Gasteiger partial charge in [-0.25, -0.2) is 14.4 Å². The lowest BCUT2D eigenvalue weighted by molar-refractivity contribution is -0.193. The number of aromatic nitrogens is 1. The van der Waals surface area contributed by atoms with Gasteiger partial charge in [0.1, 0.15) is 0 Å². The van der Waals surface area contributed by atoms with E-state index < -0.39 is 36.4 Å². The molecule has 0 spiro atoms. The van der Waals surface area contributed by atoms with Gasteiger partial charge in [-0.3, -0.25) is 9.78 Å². The molecule has 3 rings (SSSR count). The van der Waals surface area contributed by atoms with E-state index in [1.54, 1.807) is 12.4 Å². The summed E-state index contributed by atoms with van der Waals surface area (Å²) < 4.78 is 95.2. The molecule has 2 unspecified atom stereocenters. The number of nitrogens with zero attached hydrogens (tertiary/aromatic N) is 2. The molecule has 0 saturated carbocycles. The van der Waals surface area contributed by atoms with Gasteiger partial charge in [-0.05, 0) is 25.1 Å². The van der Waals surface area contributed by atoms with Crippen LogP contribution >= 0.6 is 0 Å². The van der Waals surface area contributed by atoms with Crippen LogP contribution in [0.25, 0.3) is 0 Å². The molecule has 3 heterocycles. The Hall–Kier alpha value is -3.64. The molecule has 0 radical (unpaired) electrons. The molecular weight excluding hydrogens is 529 g/mol. The van der Waals surface area contributed by atoms with Crippen molar-refractivity contribution < 1.29 is 74.0 Å². The summed E-state index contributed by atoms with van der Waals surface area (Å²) >= 11 is 0. The van der Waals surface area contributed by atoms with Crippen LogP contribution in [0.1, 0.15) is 12.8 Å². The van der Waals surface area contributed by atoms with Gasteiger partial charge < -0.3 is 25.5 Å². The Balaban J connectivity index is 0.000000501. The second-order valence-corrected chi connectivity index (χ2v) is 6.50. The molecule has 2 fully saturated rings. The van der Waals surface area contributed by atoms with Crippen molar-refractivity contribution in [3.63, 3.8) is 0 Å². The van der Waals surface area contributed by atoms with Crippen molar-refractivity contribution in [1.82, 2.24) is 10.3 Å². The zero-order valence-corrected chi connectivity index (χ0v) is 17.4. The van der Waals surface area contributed by atoms with E-state index in [0.717, 1.165) is 18.7 Å². The van der Waals surface area contributed by atoms with E-state index in [2.05, 4.69) is 10.3 Å². The van der Waals surface area contributed by atoms with Crippen molar-refractivity contribution in [2.75, 3.05) is 11.4 Å². The summed E-state index contributed by atoms with van der Waals surface area (Å²) in [5.41, 5.74) is 0.929. The first-order valence-corrected chi connectivity index (χ1v) is 9.05. The largest absolute Gasteiger partial charge is 0.490 e. The molecule has 0 aromatic carbocycles. The van der Waals surface area contributed by atoms with Crippen LogP contribution in [0.15, 0.2) is 24.5 Å². The van der Waals surface area contributed by atoms with Crippen LogP contribution in [0.2, 0.25) is 0 Å². The van der Waals surface area contributed by atoms with Crippen molar-refractivity contribution >= 4 is 29.5 Å². The van der Waals surface area contributed by atoms with Gasteiger partial charge in [0.15, 0.2) is 0 Å². The summed E-state index contributed by atoms with van der Waals surface area (Å²) in [6.07, 6.45) is -10.1. The van der Waals surface area contributed by atoms with Gasteiger partial charge in [0.2, 0.25) is 5.91 Å². The first-order valence-electron chi connectivity index (χ1n) is 9.05. The SMILES string of the molecule is O=C(O)C(F)(F)F.O=C(O)C(F)(F)F.O=C(O)C(F)(F)F.O=C1CC2NCCC2N1c1cccnc1. The Labute approximate surface area is 194 Å². The number of halogens is 9. The minimum Gasteiger partial charge on any atom is -0.475 e. The van der Waals surface area contributed by atoms with Crippen molar-refractivity contribution in [2.24, 2.45) is 0 Å². The maximum atomic E-state index is 11.8. The van der Waals surface area contributed by atoms with Crippen LogP contribution in [0.4, 0.5) is 45.2 Å². The van der Waals surface area contributed by atoms with E-state index in [9.17, 15) is 44.3 Å². The Morgan fingerprint density at radius 2 is 1.31 bits per heavy atom. The normalized spacial score (nSPS) is 18.9. The van der Waals surface area contributed by atoms with Crippen molar-refractivity contribution in [3.8, 4) is 0 Å². The topological polar surface area (TPSA) is 157 Å². The third-order valence-electron chi connectivity index (χ3n) is 3.96. The van der Waals surface area contributed by atoms with E-state index in [-0.39, 0.29) is 5.91 Å². The highest BCUT2D eigenvalue weighted by Gasteiger charge is 2.43.